The minimum absolute atomic E-state index is 0.0462. The number of nitrogens with zero attached hydrogens (tertiary/aromatic N) is 2. The molecule has 0 aromatic heterocycles. The lowest BCUT2D eigenvalue weighted by molar-refractivity contribution is -0.138. The van der Waals surface area contributed by atoms with Crippen LogP contribution in [-0.2, 0) is 9.59 Å². The van der Waals surface area contributed by atoms with Crippen LogP contribution in [0.5, 0.6) is 0 Å². The fourth-order valence-electron chi connectivity index (χ4n) is 3.06. The molecule has 4 heteroatoms. The van der Waals surface area contributed by atoms with Crippen molar-refractivity contribution in [3.63, 3.8) is 0 Å². The van der Waals surface area contributed by atoms with Crippen molar-refractivity contribution in [1.29, 1.82) is 0 Å². The van der Waals surface area contributed by atoms with Gasteiger partial charge in [-0.25, -0.2) is 0 Å². The van der Waals surface area contributed by atoms with E-state index in [1.807, 2.05) is 0 Å². The largest absolute Gasteiger partial charge is 0.287 e. The molecule has 2 aliphatic heterocycles. The zero-order valence-electron chi connectivity index (χ0n) is 12.5. The Kier molecular flexibility index (Phi) is 5.19. The van der Waals surface area contributed by atoms with Crippen molar-refractivity contribution in [2.75, 3.05) is 13.1 Å². The molecule has 2 heterocycles. The molecule has 0 saturated carbocycles. The number of carbonyl (C=O) groups is 2. The smallest absolute Gasteiger partial charge is 0.229 e. The van der Waals surface area contributed by atoms with Crippen LogP contribution in [0.15, 0.2) is 0 Å². The van der Waals surface area contributed by atoms with E-state index >= 15 is 0 Å². The van der Waals surface area contributed by atoms with Gasteiger partial charge >= 0.3 is 0 Å². The molecule has 20 heavy (non-hydrogen) atoms. The SMILES string of the molecule is CC1CCCC(C)N1CC#CCCN1C(=O)CCC1=O. The second-order valence-corrected chi connectivity index (χ2v) is 5.84. The Labute approximate surface area is 121 Å². The number of hydrogen-bond donors (Lipinski definition) is 0. The zero-order valence-corrected chi connectivity index (χ0v) is 12.5. The van der Waals surface area contributed by atoms with Crippen LogP contribution in [0.4, 0.5) is 0 Å². The summed E-state index contributed by atoms with van der Waals surface area (Å²) < 4.78 is 0. The van der Waals surface area contributed by atoms with Crippen LogP contribution in [0.2, 0.25) is 0 Å². The lowest BCUT2D eigenvalue weighted by Gasteiger charge is -2.37. The molecule has 0 bridgehead atoms. The van der Waals surface area contributed by atoms with E-state index < -0.39 is 0 Å². The molecule has 0 aliphatic carbocycles. The summed E-state index contributed by atoms with van der Waals surface area (Å²) in [5.41, 5.74) is 0. The summed E-state index contributed by atoms with van der Waals surface area (Å²) in [4.78, 5) is 26.7. The van der Waals surface area contributed by atoms with Gasteiger partial charge in [-0.15, -0.1) is 5.92 Å². The zero-order chi connectivity index (χ0) is 14.5. The molecule has 0 radical (unpaired) electrons. The van der Waals surface area contributed by atoms with Crippen molar-refractivity contribution in [2.45, 2.75) is 64.5 Å². The van der Waals surface area contributed by atoms with Crippen molar-refractivity contribution in [1.82, 2.24) is 9.80 Å². The number of likely N-dealkylation sites (tertiary alicyclic amines) is 2. The number of piperidine rings is 1. The monoisotopic (exact) mass is 276 g/mol. The maximum Gasteiger partial charge on any atom is 0.229 e. The van der Waals surface area contributed by atoms with E-state index in [2.05, 4.69) is 30.6 Å². The van der Waals surface area contributed by atoms with Gasteiger partial charge < -0.3 is 0 Å². The van der Waals surface area contributed by atoms with E-state index in [0.29, 0.717) is 37.9 Å². The highest BCUT2D eigenvalue weighted by Crippen LogP contribution is 2.21. The van der Waals surface area contributed by atoms with Gasteiger partial charge in [-0.2, -0.15) is 0 Å². The van der Waals surface area contributed by atoms with Gasteiger partial charge in [0.05, 0.1) is 6.54 Å². The van der Waals surface area contributed by atoms with Crippen LogP contribution in [0.1, 0.15) is 52.4 Å². The molecule has 110 valence electrons. The number of carbonyl (C=O) groups excluding carboxylic acids is 2. The quantitative estimate of drug-likeness (QED) is 0.583. The van der Waals surface area contributed by atoms with Crippen LogP contribution in [0.25, 0.3) is 0 Å². The third-order valence-electron chi connectivity index (χ3n) is 4.38. The minimum atomic E-state index is -0.0462. The second kappa shape index (κ2) is 6.90. The normalized spacial score (nSPS) is 27.6. The average Bonchev–Trinajstić information content (AvgIpc) is 2.72. The van der Waals surface area contributed by atoms with Gasteiger partial charge in [0, 0.05) is 37.9 Å². The van der Waals surface area contributed by atoms with E-state index in [0.717, 1.165) is 6.54 Å². The first-order chi connectivity index (χ1) is 9.59. The molecule has 2 rings (SSSR count). The van der Waals surface area contributed by atoms with Gasteiger partial charge in [0.15, 0.2) is 0 Å². The fraction of sp³-hybridized carbons (Fsp3) is 0.750. The van der Waals surface area contributed by atoms with Gasteiger partial charge in [0.2, 0.25) is 11.8 Å². The first-order valence-corrected chi connectivity index (χ1v) is 7.64. The predicted octanol–water partition coefficient (Wildman–Crippen LogP) is 1.79. The van der Waals surface area contributed by atoms with Crippen molar-refractivity contribution in [2.24, 2.45) is 0 Å². The highest BCUT2D eigenvalue weighted by Gasteiger charge is 2.27. The lowest BCUT2D eigenvalue weighted by Crippen LogP contribution is -2.43. The van der Waals surface area contributed by atoms with Crippen molar-refractivity contribution < 1.29 is 9.59 Å². The van der Waals surface area contributed by atoms with Crippen molar-refractivity contribution in [3.05, 3.63) is 0 Å². The maximum atomic E-state index is 11.4. The molecule has 2 saturated heterocycles. The second-order valence-electron chi connectivity index (χ2n) is 5.84. The Balaban J connectivity index is 1.74. The summed E-state index contributed by atoms with van der Waals surface area (Å²) in [5, 5.41) is 0. The van der Waals surface area contributed by atoms with E-state index in [9.17, 15) is 9.59 Å². The molecule has 4 nitrogen and oxygen atoms in total. The van der Waals surface area contributed by atoms with Crippen LogP contribution >= 0.6 is 0 Å². The summed E-state index contributed by atoms with van der Waals surface area (Å²) in [5.74, 6) is 6.21. The number of imide groups is 1. The standard InChI is InChI=1S/C16H24N2O2/c1-13-7-6-8-14(2)17(13)11-4-3-5-12-18-15(19)9-10-16(18)20/h13-14H,5-12H2,1-2H3. The van der Waals surface area contributed by atoms with E-state index in [4.69, 9.17) is 0 Å². The number of hydrogen-bond acceptors (Lipinski definition) is 3. The molecule has 0 spiro atoms. The molecule has 0 aromatic carbocycles. The van der Waals surface area contributed by atoms with Crippen molar-refractivity contribution >= 4 is 11.8 Å². The topological polar surface area (TPSA) is 40.6 Å². The first kappa shape index (κ1) is 15.1. The van der Waals surface area contributed by atoms with Crippen LogP contribution < -0.4 is 0 Å². The Hall–Kier alpha value is -1.34. The highest BCUT2D eigenvalue weighted by atomic mass is 16.2. The number of amides is 2. The Morgan fingerprint density at radius 1 is 1.05 bits per heavy atom. The highest BCUT2D eigenvalue weighted by molar-refractivity contribution is 6.01. The summed E-state index contributed by atoms with van der Waals surface area (Å²) >= 11 is 0. The third kappa shape index (κ3) is 3.61. The molecule has 0 N–H and O–H groups in total. The van der Waals surface area contributed by atoms with Gasteiger partial charge in [-0.05, 0) is 26.7 Å². The average molecular weight is 276 g/mol. The Bertz CT molecular complexity index is 409. The van der Waals surface area contributed by atoms with Crippen LogP contribution in [0.3, 0.4) is 0 Å². The molecule has 2 amide bonds. The Morgan fingerprint density at radius 2 is 1.65 bits per heavy atom. The first-order valence-electron chi connectivity index (χ1n) is 7.64. The third-order valence-corrected chi connectivity index (χ3v) is 4.38. The molecular formula is C16H24N2O2. The van der Waals surface area contributed by atoms with Gasteiger partial charge in [-0.3, -0.25) is 19.4 Å². The summed E-state index contributed by atoms with van der Waals surface area (Å²) in [7, 11) is 0. The molecule has 2 unspecified atom stereocenters. The molecule has 2 atom stereocenters. The molecule has 2 fully saturated rings. The summed E-state index contributed by atoms with van der Waals surface area (Å²) in [6.45, 7) is 5.78. The van der Waals surface area contributed by atoms with Crippen LogP contribution in [0, 0.1) is 11.8 Å². The van der Waals surface area contributed by atoms with Gasteiger partial charge in [0.1, 0.15) is 0 Å². The number of rotatable bonds is 3. The Morgan fingerprint density at radius 3 is 2.25 bits per heavy atom. The lowest BCUT2D eigenvalue weighted by atomic mass is 9.98. The van der Waals surface area contributed by atoms with Gasteiger partial charge in [-0.1, -0.05) is 12.3 Å². The van der Waals surface area contributed by atoms with E-state index in [1.165, 1.54) is 24.2 Å². The summed E-state index contributed by atoms with van der Waals surface area (Å²) in [6, 6.07) is 1.21. The maximum absolute atomic E-state index is 11.4. The fourth-order valence-corrected chi connectivity index (χ4v) is 3.06. The summed E-state index contributed by atoms with van der Waals surface area (Å²) in [6.07, 6.45) is 5.15. The van der Waals surface area contributed by atoms with Gasteiger partial charge in [0.25, 0.3) is 0 Å². The van der Waals surface area contributed by atoms with E-state index in [1.54, 1.807) is 0 Å². The van der Waals surface area contributed by atoms with Crippen LogP contribution in [-0.4, -0.2) is 46.8 Å². The minimum Gasteiger partial charge on any atom is -0.287 e. The predicted molar refractivity (Wildman–Crippen MR) is 77.8 cm³/mol. The molecule has 0 aromatic rings. The van der Waals surface area contributed by atoms with E-state index in [-0.39, 0.29) is 11.8 Å². The molecule has 2 aliphatic rings. The molecular weight excluding hydrogens is 252 g/mol. The van der Waals surface area contributed by atoms with Crippen molar-refractivity contribution in [3.8, 4) is 11.8 Å².